The largest absolute Gasteiger partial charge is 0.334 e. The number of pyridine rings is 1. The van der Waals surface area contributed by atoms with Crippen LogP contribution >= 0.6 is 11.6 Å². The summed E-state index contributed by atoms with van der Waals surface area (Å²) in [6.45, 7) is -0.231. The van der Waals surface area contributed by atoms with Crippen LogP contribution in [0.15, 0.2) is 45.8 Å². The van der Waals surface area contributed by atoms with E-state index < -0.39 is 11.7 Å². The fourth-order valence-electron chi connectivity index (χ4n) is 2.57. The van der Waals surface area contributed by atoms with E-state index in [2.05, 4.69) is 15.5 Å². The third-order valence-corrected chi connectivity index (χ3v) is 4.42. The molecule has 0 bridgehead atoms. The topological polar surface area (TPSA) is 90.0 Å². The summed E-state index contributed by atoms with van der Waals surface area (Å²) < 4.78 is 19.7. The molecule has 138 valence electrons. The molecule has 0 spiro atoms. The Morgan fingerprint density at radius 3 is 2.89 bits per heavy atom. The predicted octanol–water partition coefficient (Wildman–Crippen LogP) is 3.21. The first-order chi connectivity index (χ1) is 13.0. The van der Waals surface area contributed by atoms with Crippen molar-refractivity contribution in [3.8, 4) is 11.5 Å². The highest BCUT2D eigenvalue weighted by atomic mass is 35.5. The highest BCUT2D eigenvalue weighted by Gasteiger charge is 2.29. The number of halogens is 2. The molecule has 1 aliphatic rings. The lowest BCUT2D eigenvalue weighted by molar-refractivity contribution is -0.116. The zero-order valence-electron chi connectivity index (χ0n) is 14.0. The molecule has 1 amide bonds. The van der Waals surface area contributed by atoms with E-state index in [4.69, 9.17) is 16.1 Å². The van der Waals surface area contributed by atoms with Crippen LogP contribution in [0.25, 0.3) is 11.5 Å². The highest BCUT2D eigenvalue weighted by Crippen LogP contribution is 2.38. The molecule has 0 radical (unpaired) electrons. The second-order valence-corrected chi connectivity index (χ2v) is 6.70. The van der Waals surface area contributed by atoms with Gasteiger partial charge in [0.15, 0.2) is 5.82 Å². The predicted molar refractivity (Wildman–Crippen MR) is 96.0 cm³/mol. The van der Waals surface area contributed by atoms with E-state index in [0.29, 0.717) is 28.9 Å². The van der Waals surface area contributed by atoms with Crippen molar-refractivity contribution in [1.29, 1.82) is 0 Å². The van der Waals surface area contributed by atoms with Crippen molar-refractivity contribution in [2.24, 2.45) is 0 Å². The van der Waals surface area contributed by atoms with Crippen LogP contribution in [0, 0.1) is 5.82 Å². The van der Waals surface area contributed by atoms with Crippen molar-refractivity contribution in [2.45, 2.75) is 25.3 Å². The summed E-state index contributed by atoms with van der Waals surface area (Å²) in [5.74, 6) is 0.275. The lowest BCUT2D eigenvalue weighted by Crippen LogP contribution is -2.26. The van der Waals surface area contributed by atoms with Gasteiger partial charge < -0.3 is 14.4 Å². The summed E-state index contributed by atoms with van der Waals surface area (Å²) in [5.41, 5.74) is 0.529. The van der Waals surface area contributed by atoms with Crippen molar-refractivity contribution in [3.05, 3.63) is 63.5 Å². The molecule has 1 N–H and O–H groups in total. The van der Waals surface area contributed by atoms with Crippen molar-refractivity contribution in [2.75, 3.05) is 5.32 Å². The zero-order chi connectivity index (χ0) is 19.0. The molecule has 2 heterocycles. The van der Waals surface area contributed by atoms with Gasteiger partial charge in [0.05, 0.1) is 10.6 Å². The molecule has 4 rings (SSSR count). The SMILES string of the molecule is O=C(Cn1cc(-c2nc(C3CC3)no2)ccc1=O)Nc1ccc(F)c(Cl)c1. The summed E-state index contributed by atoms with van der Waals surface area (Å²) in [6, 6.07) is 6.73. The third kappa shape index (κ3) is 3.90. The highest BCUT2D eigenvalue weighted by molar-refractivity contribution is 6.31. The van der Waals surface area contributed by atoms with Crippen LogP contribution in [0.2, 0.25) is 5.02 Å². The van der Waals surface area contributed by atoms with Gasteiger partial charge in [-0.15, -0.1) is 0 Å². The van der Waals surface area contributed by atoms with E-state index in [9.17, 15) is 14.0 Å². The van der Waals surface area contributed by atoms with E-state index >= 15 is 0 Å². The maximum atomic E-state index is 13.2. The van der Waals surface area contributed by atoms with E-state index in [-0.39, 0.29) is 17.1 Å². The Balaban J connectivity index is 1.51. The molecule has 1 fully saturated rings. The minimum atomic E-state index is -0.580. The first-order valence-corrected chi connectivity index (χ1v) is 8.67. The van der Waals surface area contributed by atoms with Gasteiger partial charge in [-0.25, -0.2) is 4.39 Å². The first-order valence-electron chi connectivity index (χ1n) is 8.29. The van der Waals surface area contributed by atoms with Gasteiger partial charge in [0, 0.05) is 23.9 Å². The van der Waals surface area contributed by atoms with Gasteiger partial charge in [0.1, 0.15) is 12.4 Å². The molecule has 27 heavy (non-hydrogen) atoms. The Hall–Kier alpha value is -3.00. The Kier molecular flexibility index (Phi) is 4.49. The molecule has 1 aromatic carbocycles. The quantitative estimate of drug-likeness (QED) is 0.724. The van der Waals surface area contributed by atoms with Crippen molar-refractivity contribution >= 4 is 23.2 Å². The summed E-state index contributed by atoms with van der Waals surface area (Å²) in [5, 5.41) is 6.41. The molecule has 1 saturated carbocycles. The number of nitrogens with zero attached hydrogens (tertiary/aromatic N) is 3. The van der Waals surface area contributed by atoms with Crippen LogP contribution < -0.4 is 10.9 Å². The average Bonchev–Trinajstić information content (AvgIpc) is 3.37. The van der Waals surface area contributed by atoms with Crippen LogP contribution in [0.4, 0.5) is 10.1 Å². The van der Waals surface area contributed by atoms with Crippen LogP contribution in [-0.2, 0) is 11.3 Å². The van der Waals surface area contributed by atoms with Gasteiger partial charge >= 0.3 is 0 Å². The van der Waals surface area contributed by atoms with Crippen LogP contribution in [0.5, 0.6) is 0 Å². The number of hydrogen-bond acceptors (Lipinski definition) is 5. The fraction of sp³-hybridized carbons (Fsp3) is 0.222. The third-order valence-electron chi connectivity index (χ3n) is 4.13. The van der Waals surface area contributed by atoms with Gasteiger partial charge in [-0.1, -0.05) is 16.8 Å². The van der Waals surface area contributed by atoms with E-state index in [1.807, 2.05) is 0 Å². The minimum absolute atomic E-state index is 0.102. The molecule has 1 aliphatic carbocycles. The number of aromatic nitrogens is 3. The molecule has 0 saturated heterocycles. The zero-order valence-corrected chi connectivity index (χ0v) is 14.7. The normalized spacial score (nSPS) is 13.6. The Morgan fingerprint density at radius 2 is 2.15 bits per heavy atom. The smallest absolute Gasteiger partial charge is 0.259 e. The number of carbonyl (C=O) groups excluding carboxylic acids is 1. The Bertz CT molecular complexity index is 1070. The second kappa shape index (κ2) is 6.96. The number of nitrogens with one attached hydrogen (secondary N) is 1. The maximum absolute atomic E-state index is 13.2. The molecule has 9 heteroatoms. The summed E-state index contributed by atoms with van der Waals surface area (Å²) >= 11 is 5.70. The van der Waals surface area contributed by atoms with Crippen molar-refractivity contribution < 1.29 is 13.7 Å². The fourth-order valence-corrected chi connectivity index (χ4v) is 2.75. The molecule has 0 unspecified atom stereocenters. The molecular formula is C18H14ClFN4O3. The van der Waals surface area contributed by atoms with Crippen LogP contribution in [-0.4, -0.2) is 20.6 Å². The van der Waals surface area contributed by atoms with E-state index in [1.165, 1.54) is 29.0 Å². The van der Waals surface area contributed by atoms with Crippen molar-refractivity contribution in [3.63, 3.8) is 0 Å². The van der Waals surface area contributed by atoms with Gasteiger partial charge in [0.25, 0.3) is 11.4 Å². The molecule has 0 atom stereocenters. The molecular weight excluding hydrogens is 375 g/mol. The minimum Gasteiger partial charge on any atom is -0.334 e. The van der Waals surface area contributed by atoms with Crippen molar-refractivity contribution in [1.82, 2.24) is 14.7 Å². The maximum Gasteiger partial charge on any atom is 0.259 e. The second-order valence-electron chi connectivity index (χ2n) is 6.29. The number of benzene rings is 1. The lowest BCUT2D eigenvalue weighted by Gasteiger charge is -2.08. The summed E-state index contributed by atoms with van der Waals surface area (Å²) in [4.78, 5) is 28.6. The number of anilines is 1. The van der Waals surface area contributed by atoms with Gasteiger partial charge in [-0.3, -0.25) is 9.59 Å². The number of amides is 1. The van der Waals surface area contributed by atoms with E-state index in [0.717, 1.165) is 18.9 Å². The average molecular weight is 389 g/mol. The molecule has 7 nitrogen and oxygen atoms in total. The monoisotopic (exact) mass is 388 g/mol. The number of hydrogen-bond donors (Lipinski definition) is 1. The Labute approximate surface area is 157 Å². The molecule has 0 aliphatic heterocycles. The van der Waals surface area contributed by atoms with E-state index in [1.54, 1.807) is 6.07 Å². The van der Waals surface area contributed by atoms with Gasteiger partial charge in [-0.2, -0.15) is 4.98 Å². The summed E-state index contributed by atoms with van der Waals surface area (Å²) in [6.07, 6.45) is 3.59. The number of carbonyl (C=O) groups is 1. The molecule has 3 aromatic rings. The van der Waals surface area contributed by atoms with Gasteiger partial charge in [-0.05, 0) is 37.1 Å². The Morgan fingerprint density at radius 1 is 1.33 bits per heavy atom. The van der Waals surface area contributed by atoms with Gasteiger partial charge in [0.2, 0.25) is 5.91 Å². The first kappa shape index (κ1) is 17.4. The van der Waals surface area contributed by atoms with Crippen LogP contribution in [0.1, 0.15) is 24.6 Å². The number of rotatable bonds is 5. The summed E-state index contributed by atoms with van der Waals surface area (Å²) in [7, 11) is 0. The van der Waals surface area contributed by atoms with Crippen LogP contribution in [0.3, 0.4) is 0 Å². The lowest BCUT2D eigenvalue weighted by atomic mass is 10.2. The standard InChI is InChI=1S/C18H14ClFN4O3/c19-13-7-12(4-5-14(13)20)21-15(25)9-24-8-11(3-6-16(24)26)18-22-17(23-27-18)10-1-2-10/h3-8,10H,1-2,9H2,(H,21,25). The molecule has 2 aromatic heterocycles.